The van der Waals surface area contributed by atoms with Crippen LogP contribution in [0.5, 0.6) is 0 Å². The molecule has 1 saturated carbocycles. The maximum Gasteiger partial charge on any atom is 0.233 e. The van der Waals surface area contributed by atoms with Gasteiger partial charge in [-0.3, -0.25) is 19.3 Å². The third-order valence-electron chi connectivity index (χ3n) is 5.25. The minimum absolute atomic E-state index is 0.0988. The normalized spacial score (nSPS) is 30.1. The van der Waals surface area contributed by atoms with Gasteiger partial charge in [-0.25, -0.2) is 0 Å². The predicted octanol–water partition coefficient (Wildman–Crippen LogP) is 2.58. The van der Waals surface area contributed by atoms with E-state index in [1.54, 1.807) is 12.1 Å². The molecule has 1 aromatic carbocycles. The number of hydrogen-bond donors (Lipinski definition) is 1. The number of nitrogens with zero attached hydrogens (tertiary/aromatic N) is 1. The Morgan fingerprint density at radius 1 is 1.08 bits per heavy atom. The molecular formula is C18H17BrN2O3. The van der Waals surface area contributed by atoms with Gasteiger partial charge in [-0.05, 0) is 42.5 Å². The Morgan fingerprint density at radius 3 is 2.25 bits per heavy atom. The smallest absolute Gasteiger partial charge is 0.233 e. The van der Waals surface area contributed by atoms with Crippen LogP contribution in [0.1, 0.15) is 12.8 Å². The number of rotatable bonds is 4. The lowest BCUT2D eigenvalue weighted by Gasteiger charge is -2.16. The van der Waals surface area contributed by atoms with Crippen LogP contribution in [0.2, 0.25) is 0 Å². The minimum atomic E-state index is -0.198. The summed E-state index contributed by atoms with van der Waals surface area (Å²) in [6, 6.07) is 7.27. The molecule has 2 fully saturated rings. The van der Waals surface area contributed by atoms with Crippen LogP contribution in [-0.2, 0) is 14.4 Å². The van der Waals surface area contributed by atoms with Gasteiger partial charge in [-0.1, -0.05) is 28.1 Å². The van der Waals surface area contributed by atoms with Crippen molar-refractivity contribution in [2.24, 2.45) is 23.7 Å². The van der Waals surface area contributed by atoms with Crippen LogP contribution in [0.25, 0.3) is 0 Å². The molecule has 1 N–H and O–H groups in total. The number of imide groups is 1. The van der Waals surface area contributed by atoms with Crippen LogP contribution in [0.15, 0.2) is 40.9 Å². The standard InChI is InChI=1S/C18H17BrN2O3/c19-12-3-5-13(6-4-12)20-14(22)7-8-21-17(23)15-10-1-2-11(9-10)16(15)18(21)24/h1-6,10-11,15-16H,7-9H2,(H,20,22)/t10-,11-,15-,16+/m0/s1. The zero-order valence-electron chi connectivity index (χ0n) is 12.9. The van der Waals surface area contributed by atoms with E-state index in [2.05, 4.69) is 33.4 Å². The fourth-order valence-electron chi connectivity index (χ4n) is 4.15. The third kappa shape index (κ3) is 2.49. The van der Waals surface area contributed by atoms with E-state index in [0.717, 1.165) is 10.9 Å². The van der Waals surface area contributed by atoms with Crippen molar-refractivity contribution in [2.75, 3.05) is 11.9 Å². The second-order valence-electron chi connectivity index (χ2n) is 6.63. The highest BCUT2D eigenvalue weighted by atomic mass is 79.9. The van der Waals surface area contributed by atoms with Gasteiger partial charge < -0.3 is 5.32 Å². The predicted molar refractivity (Wildman–Crippen MR) is 91.8 cm³/mol. The number of hydrogen-bond acceptors (Lipinski definition) is 3. The summed E-state index contributed by atoms with van der Waals surface area (Å²) in [6.07, 6.45) is 5.18. The second kappa shape index (κ2) is 5.84. The summed E-state index contributed by atoms with van der Waals surface area (Å²) >= 11 is 3.34. The van der Waals surface area contributed by atoms with E-state index in [9.17, 15) is 14.4 Å². The molecule has 24 heavy (non-hydrogen) atoms. The first-order valence-corrected chi connectivity index (χ1v) is 8.93. The van der Waals surface area contributed by atoms with Crippen molar-refractivity contribution >= 4 is 39.3 Å². The highest BCUT2D eigenvalue weighted by Crippen LogP contribution is 2.52. The summed E-state index contributed by atoms with van der Waals surface area (Å²) in [4.78, 5) is 38.4. The van der Waals surface area contributed by atoms with Crippen molar-refractivity contribution in [3.8, 4) is 0 Å². The lowest BCUT2D eigenvalue weighted by Crippen LogP contribution is -2.35. The van der Waals surface area contributed by atoms with Gasteiger partial charge in [0.15, 0.2) is 0 Å². The SMILES string of the molecule is O=C(CCN1C(=O)[C@@H]2[C@H](C1=O)[C@H]1C=C[C@H]2C1)Nc1ccc(Br)cc1. The number of carbonyl (C=O) groups is 3. The summed E-state index contributed by atoms with van der Waals surface area (Å²) in [6.45, 7) is 0.159. The van der Waals surface area contributed by atoms with Crippen LogP contribution in [0.4, 0.5) is 5.69 Å². The largest absolute Gasteiger partial charge is 0.326 e. The van der Waals surface area contributed by atoms with E-state index < -0.39 is 0 Å². The molecule has 3 amide bonds. The molecule has 1 aliphatic heterocycles. The van der Waals surface area contributed by atoms with Crippen LogP contribution in [-0.4, -0.2) is 29.2 Å². The molecule has 5 nitrogen and oxygen atoms in total. The van der Waals surface area contributed by atoms with Crippen molar-refractivity contribution < 1.29 is 14.4 Å². The molecule has 124 valence electrons. The highest BCUT2D eigenvalue weighted by molar-refractivity contribution is 9.10. The Bertz CT molecular complexity index is 713. The van der Waals surface area contributed by atoms with Gasteiger partial charge in [0.25, 0.3) is 0 Å². The van der Waals surface area contributed by atoms with Gasteiger partial charge in [0.1, 0.15) is 0 Å². The lowest BCUT2D eigenvalue weighted by molar-refractivity contribution is -0.140. The molecule has 1 heterocycles. The summed E-state index contributed by atoms with van der Waals surface area (Å²) in [7, 11) is 0. The quantitative estimate of drug-likeness (QED) is 0.636. The van der Waals surface area contributed by atoms with Crippen molar-refractivity contribution in [3.63, 3.8) is 0 Å². The van der Waals surface area contributed by atoms with Gasteiger partial charge >= 0.3 is 0 Å². The molecule has 4 atom stereocenters. The topological polar surface area (TPSA) is 66.5 Å². The molecular weight excluding hydrogens is 372 g/mol. The molecule has 0 radical (unpaired) electrons. The van der Waals surface area contributed by atoms with E-state index in [4.69, 9.17) is 0 Å². The van der Waals surface area contributed by atoms with Gasteiger partial charge in [-0.15, -0.1) is 0 Å². The van der Waals surface area contributed by atoms with Crippen molar-refractivity contribution in [3.05, 3.63) is 40.9 Å². The number of amides is 3. The van der Waals surface area contributed by atoms with Crippen molar-refractivity contribution in [2.45, 2.75) is 12.8 Å². The van der Waals surface area contributed by atoms with Gasteiger partial charge in [0.05, 0.1) is 11.8 Å². The average molecular weight is 389 g/mol. The molecule has 2 aliphatic carbocycles. The molecule has 2 bridgehead atoms. The summed E-state index contributed by atoms with van der Waals surface area (Å²) in [5.74, 6) is -0.368. The molecule has 1 aromatic rings. The Kier molecular flexibility index (Phi) is 3.79. The fraction of sp³-hybridized carbons (Fsp3) is 0.389. The molecule has 1 saturated heterocycles. The van der Waals surface area contributed by atoms with Crippen molar-refractivity contribution in [1.29, 1.82) is 0 Å². The third-order valence-corrected chi connectivity index (χ3v) is 5.78. The fourth-order valence-corrected chi connectivity index (χ4v) is 4.42. The first kappa shape index (κ1) is 15.6. The Balaban J connectivity index is 1.36. The minimum Gasteiger partial charge on any atom is -0.326 e. The number of nitrogens with one attached hydrogen (secondary N) is 1. The average Bonchev–Trinajstić information content (AvgIpc) is 3.23. The molecule has 6 heteroatoms. The Labute approximate surface area is 148 Å². The molecule has 4 rings (SSSR count). The number of benzene rings is 1. The van der Waals surface area contributed by atoms with E-state index in [0.29, 0.717) is 5.69 Å². The lowest BCUT2D eigenvalue weighted by atomic mass is 9.85. The maximum atomic E-state index is 12.5. The molecule has 3 aliphatic rings. The summed E-state index contributed by atoms with van der Waals surface area (Å²) in [5.41, 5.74) is 0.696. The second-order valence-corrected chi connectivity index (χ2v) is 7.55. The zero-order valence-corrected chi connectivity index (χ0v) is 14.5. The van der Waals surface area contributed by atoms with Crippen LogP contribution in [0, 0.1) is 23.7 Å². The van der Waals surface area contributed by atoms with Gasteiger partial charge in [0, 0.05) is 23.1 Å². The number of allylic oxidation sites excluding steroid dienone is 2. The van der Waals surface area contributed by atoms with Crippen LogP contribution < -0.4 is 5.32 Å². The monoisotopic (exact) mass is 388 g/mol. The Morgan fingerprint density at radius 2 is 1.67 bits per heavy atom. The maximum absolute atomic E-state index is 12.5. The molecule has 0 spiro atoms. The van der Waals surface area contributed by atoms with Crippen LogP contribution >= 0.6 is 15.9 Å². The van der Waals surface area contributed by atoms with E-state index in [1.807, 2.05) is 12.1 Å². The molecule has 0 unspecified atom stereocenters. The van der Waals surface area contributed by atoms with Gasteiger partial charge in [-0.2, -0.15) is 0 Å². The van der Waals surface area contributed by atoms with E-state index >= 15 is 0 Å². The van der Waals surface area contributed by atoms with Crippen LogP contribution in [0.3, 0.4) is 0 Å². The Hall–Kier alpha value is -1.95. The van der Waals surface area contributed by atoms with Crippen molar-refractivity contribution in [1.82, 2.24) is 4.90 Å². The number of anilines is 1. The number of carbonyl (C=O) groups excluding carboxylic acids is 3. The first-order chi connectivity index (χ1) is 11.5. The first-order valence-electron chi connectivity index (χ1n) is 8.13. The number of fused-ring (bicyclic) bond motifs is 5. The van der Waals surface area contributed by atoms with Gasteiger partial charge in [0.2, 0.25) is 17.7 Å². The highest BCUT2D eigenvalue weighted by Gasteiger charge is 2.58. The number of likely N-dealkylation sites (tertiary alicyclic amines) is 1. The molecule has 0 aromatic heterocycles. The zero-order chi connectivity index (χ0) is 16.8. The summed E-state index contributed by atoms with van der Waals surface area (Å²) < 4.78 is 0.934. The van der Waals surface area contributed by atoms with E-state index in [-0.39, 0.29) is 54.4 Å². The number of halogens is 1. The summed E-state index contributed by atoms with van der Waals surface area (Å²) in [5, 5.41) is 2.78. The van der Waals surface area contributed by atoms with E-state index in [1.165, 1.54) is 4.90 Å².